The van der Waals surface area contributed by atoms with Crippen molar-refractivity contribution in [3.63, 3.8) is 0 Å². The van der Waals surface area contributed by atoms with Crippen LogP contribution in [0.2, 0.25) is 0 Å². The first-order chi connectivity index (χ1) is 16.3. The van der Waals surface area contributed by atoms with E-state index in [-0.39, 0.29) is 4.90 Å². The molecule has 34 heavy (non-hydrogen) atoms. The Kier molecular flexibility index (Phi) is 6.87. The van der Waals surface area contributed by atoms with E-state index in [1.807, 2.05) is 70.6 Å². The van der Waals surface area contributed by atoms with Crippen molar-refractivity contribution < 1.29 is 17.9 Å². The van der Waals surface area contributed by atoms with Crippen LogP contribution in [0, 0.1) is 0 Å². The van der Waals surface area contributed by atoms with Gasteiger partial charge in [-0.25, -0.2) is 17.7 Å². The van der Waals surface area contributed by atoms with E-state index in [2.05, 4.69) is 0 Å². The molecule has 0 aliphatic rings. The lowest BCUT2D eigenvalue weighted by atomic mass is 10.1. The molecule has 4 aromatic rings. The van der Waals surface area contributed by atoms with Gasteiger partial charge < -0.3 is 9.47 Å². The lowest BCUT2D eigenvalue weighted by Crippen LogP contribution is -2.22. The van der Waals surface area contributed by atoms with Crippen LogP contribution >= 0.6 is 11.3 Å². The summed E-state index contributed by atoms with van der Waals surface area (Å²) >= 11 is 1.50. The summed E-state index contributed by atoms with van der Waals surface area (Å²) < 4.78 is 38.7. The molecule has 0 amide bonds. The molecule has 0 unspecified atom stereocenters. The van der Waals surface area contributed by atoms with Gasteiger partial charge in [0.2, 0.25) is 10.0 Å². The maximum atomic E-state index is 12.5. The predicted molar refractivity (Wildman–Crippen MR) is 135 cm³/mol. The lowest BCUT2D eigenvalue weighted by Gasteiger charge is -2.13. The van der Waals surface area contributed by atoms with E-state index < -0.39 is 10.0 Å². The van der Waals surface area contributed by atoms with Crippen molar-refractivity contribution in [1.29, 1.82) is 0 Å². The second-order valence-electron chi connectivity index (χ2n) is 7.56. The molecule has 0 saturated heterocycles. The molecule has 0 N–H and O–H groups in total. The Morgan fingerprint density at radius 1 is 0.824 bits per heavy atom. The zero-order valence-electron chi connectivity index (χ0n) is 19.3. The number of thiazole rings is 1. The molecule has 0 atom stereocenters. The number of hydrogen-bond donors (Lipinski definition) is 0. The lowest BCUT2D eigenvalue weighted by molar-refractivity contribution is 0.414. The molecule has 3 aromatic carbocycles. The second kappa shape index (κ2) is 9.84. The van der Waals surface area contributed by atoms with Crippen molar-refractivity contribution >= 4 is 27.0 Å². The molecule has 0 aliphatic heterocycles. The molecule has 1 aromatic heterocycles. The summed E-state index contributed by atoms with van der Waals surface area (Å²) in [5.74, 6) is 1.52. The van der Waals surface area contributed by atoms with Crippen molar-refractivity contribution in [3.05, 3.63) is 83.0 Å². The zero-order chi connectivity index (χ0) is 24.3. The number of hydrogen-bond acceptors (Lipinski definition) is 6. The summed E-state index contributed by atoms with van der Waals surface area (Å²) in [6.07, 6.45) is 0. The first-order valence-corrected chi connectivity index (χ1v) is 12.7. The van der Waals surface area contributed by atoms with Crippen molar-refractivity contribution in [2.45, 2.75) is 4.90 Å². The molecule has 0 aliphatic carbocycles. The first kappa shape index (κ1) is 23.7. The molecule has 7 nitrogen and oxygen atoms in total. The number of ether oxygens (including phenoxy) is 2. The molecule has 0 spiro atoms. The average Bonchev–Trinajstić information content (AvgIpc) is 3.28. The summed E-state index contributed by atoms with van der Waals surface area (Å²) in [5, 5.41) is 2.02. The van der Waals surface area contributed by atoms with Gasteiger partial charge in [0.25, 0.3) is 0 Å². The van der Waals surface area contributed by atoms with Gasteiger partial charge in [-0.05, 0) is 66.2 Å². The van der Waals surface area contributed by atoms with Crippen LogP contribution in [0.1, 0.15) is 0 Å². The second-order valence-corrected chi connectivity index (χ2v) is 10.5. The molecular formula is C25H25N3O4S2. The van der Waals surface area contributed by atoms with Gasteiger partial charge in [-0.2, -0.15) is 0 Å². The summed E-state index contributed by atoms with van der Waals surface area (Å²) in [5.41, 5.74) is 3.48. The Hall–Kier alpha value is -3.40. The van der Waals surface area contributed by atoms with E-state index in [1.54, 1.807) is 26.4 Å². The molecular weight excluding hydrogens is 470 g/mol. The van der Waals surface area contributed by atoms with Gasteiger partial charge in [0.05, 0.1) is 30.5 Å². The van der Waals surface area contributed by atoms with Gasteiger partial charge in [0, 0.05) is 25.2 Å². The van der Waals surface area contributed by atoms with Crippen molar-refractivity contribution in [1.82, 2.24) is 8.87 Å². The van der Waals surface area contributed by atoms with Gasteiger partial charge >= 0.3 is 0 Å². The topological polar surface area (TPSA) is 73.1 Å². The van der Waals surface area contributed by atoms with E-state index in [4.69, 9.17) is 14.5 Å². The highest BCUT2D eigenvalue weighted by molar-refractivity contribution is 7.89. The Morgan fingerprint density at radius 2 is 1.38 bits per heavy atom. The SMILES string of the molecule is COc1ccc(N=c2scc(-c3ccc(S(=O)(=O)N(C)C)cc3)n2-c2ccc(OC)cc2)cc1. The van der Waals surface area contributed by atoms with Gasteiger partial charge in [0.15, 0.2) is 4.80 Å². The number of sulfonamides is 1. The van der Waals surface area contributed by atoms with Crippen LogP contribution in [0.5, 0.6) is 11.5 Å². The quantitative estimate of drug-likeness (QED) is 0.372. The fourth-order valence-electron chi connectivity index (χ4n) is 3.35. The maximum Gasteiger partial charge on any atom is 0.242 e. The Bertz CT molecular complexity index is 1440. The molecule has 9 heteroatoms. The molecule has 0 saturated carbocycles. The standard InChI is InChI=1S/C25H25N3O4S2/c1-27(2)34(29,30)23-15-5-18(6-16-23)24-17-33-25(26-19-7-11-21(31-3)12-8-19)28(24)20-9-13-22(32-4)14-10-20/h5-17H,1-4H3. The monoisotopic (exact) mass is 495 g/mol. The molecule has 0 fully saturated rings. The van der Waals surface area contributed by atoms with Crippen LogP contribution in [0.15, 0.2) is 88.1 Å². The molecule has 0 bridgehead atoms. The van der Waals surface area contributed by atoms with Gasteiger partial charge in [-0.1, -0.05) is 12.1 Å². The summed E-state index contributed by atoms with van der Waals surface area (Å²) in [6, 6.07) is 22.1. The Morgan fingerprint density at radius 3 is 1.91 bits per heavy atom. The van der Waals surface area contributed by atoms with Gasteiger partial charge in [0.1, 0.15) is 11.5 Å². The maximum absolute atomic E-state index is 12.5. The number of benzene rings is 3. The fourth-order valence-corrected chi connectivity index (χ4v) is 5.17. The van der Waals surface area contributed by atoms with E-state index in [1.165, 1.54) is 29.7 Å². The summed E-state index contributed by atoms with van der Waals surface area (Å²) in [4.78, 5) is 5.87. The normalized spacial score (nSPS) is 12.2. The third-order valence-corrected chi connectivity index (χ3v) is 7.92. The number of nitrogens with zero attached hydrogens (tertiary/aromatic N) is 3. The highest BCUT2D eigenvalue weighted by Crippen LogP contribution is 2.27. The van der Waals surface area contributed by atoms with Crippen LogP contribution in [-0.4, -0.2) is 45.6 Å². The van der Waals surface area contributed by atoms with Crippen LogP contribution in [0.3, 0.4) is 0 Å². The van der Waals surface area contributed by atoms with E-state index >= 15 is 0 Å². The zero-order valence-corrected chi connectivity index (χ0v) is 20.9. The predicted octanol–water partition coefficient (Wildman–Crippen LogP) is 4.71. The van der Waals surface area contributed by atoms with E-state index in [0.29, 0.717) is 0 Å². The van der Waals surface area contributed by atoms with Crippen LogP contribution in [0.4, 0.5) is 5.69 Å². The minimum absolute atomic E-state index is 0.246. The number of rotatable bonds is 7. The van der Waals surface area contributed by atoms with E-state index in [9.17, 15) is 8.42 Å². The Labute approximate surface area is 203 Å². The highest BCUT2D eigenvalue weighted by Gasteiger charge is 2.18. The van der Waals surface area contributed by atoms with Gasteiger partial charge in [-0.15, -0.1) is 11.3 Å². The van der Waals surface area contributed by atoms with Gasteiger partial charge in [-0.3, -0.25) is 4.57 Å². The number of methoxy groups -OCH3 is 2. The van der Waals surface area contributed by atoms with Crippen molar-refractivity contribution in [2.24, 2.45) is 4.99 Å². The minimum atomic E-state index is -3.50. The molecule has 4 rings (SSSR count). The van der Waals surface area contributed by atoms with Crippen LogP contribution in [-0.2, 0) is 10.0 Å². The third-order valence-electron chi connectivity index (χ3n) is 5.26. The van der Waals surface area contributed by atoms with Crippen molar-refractivity contribution in [2.75, 3.05) is 28.3 Å². The fraction of sp³-hybridized carbons (Fsp3) is 0.160. The largest absolute Gasteiger partial charge is 0.497 e. The molecule has 176 valence electrons. The average molecular weight is 496 g/mol. The smallest absolute Gasteiger partial charge is 0.242 e. The molecule has 0 radical (unpaired) electrons. The van der Waals surface area contributed by atoms with Crippen LogP contribution < -0.4 is 14.3 Å². The number of aromatic nitrogens is 1. The van der Waals surface area contributed by atoms with Crippen molar-refractivity contribution in [3.8, 4) is 28.4 Å². The third kappa shape index (κ3) is 4.77. The summed E-state index contributed by atoms with van der Waals surface area (Å²) in [6.45, 7) is 0. The highest BCUT2D eigenvalue weighted by atomic mass is 32.2. The molecule has 1 heterocycles. The Balaban J connectivity index is 1.85. The van der Waals surface area contributed by atoms with Crippen LogP contribution in [0.25, 0.3) is 16.9 Å². The van der Waals surface area contributed by atoms with E-state index in [0.717, 1.165) is 38.9 Å². The minimum Gasteiger partial charge on any atom is -0.497 e. The summed E-state index contributed by atoms with van der Waals surface area (Å²) in [7, 11) is 2.80. The first-order valence-electron chi connectivity index (χ1n) is 10.4.